The van der Waals surface area contributed by atoms with Crippen molar-refractivity contribution in [2.75, 3.05) is 0 Å². The molecule has 70 valence electrons. The summed E-state index contributed by atoms with van der Waals surface area (Å²) in [5.74, 6) is 0. The van der Waals surface area contributed by atoms with Crippen LogP contribution in [0.5, 0.6) is 0 Å². The van der Waals surface area contributed by atoms with Crippen LogP contribution in [0.15, 0.2) is 24.3 Å². The van der Waals surface area contributed by atoms with Crippen LogP contribution in [-0.4, -0.2) is 0 Å². The smallest absolute Gasteiger partial charge is 0.0441 e. The molecule has 0 spiro atoms. The Bertz CT molecular complexity index is 324. The van der Waals surface area contributed by atoms with Crippen molar-refractivity contribution in [1.82, 2.24) is 0 Å². The number of benzene rings is 1. The standard InChI is InChI=1S/C12H15Cl/c1-4-10(5-2)11-7-6-8-12(13)9(11)3/h4,6-8H,5H2,1-3H3/b10-4-. The van der Waals surface area contributed by atoms with Gasteiger partial charge in [-0.15, -0.1) is 0 Å². The predicted octanol–water partition coefficient (Wildman–Crippen LogP) is 4.46. The summed E-state index contributed by atoms with van der Waals surface area (Å²) in [5.41, 5.74) is 3.82. The van der Waals surface area contributed by atoms with E-state index in [2.05, 4.69) is 32.9 Å². The third-order valence-electron chi connectivity index (χ3n) is 2.34. The summed E-state index contributed by atoms with van der Waals surface area (Å²) in [6, 6.07) is 6.06. The number of hydrogen-bond acceptors (Lipinski definition) is 0. The van der Waals surface area contributed by atoms with E-state index in [0.717, 1.165) is 11.4 Å². The van der Waals surface area contributed by atoms with E-state index in [1.807, 2.05) is 12.1 Å². The van der Waals surface area contributed by atoms with Crippen molar-refractivity contribution in [2.45, 2.75) is 27.2 Å². The van der Waals surface area contributed by atoms with E-state index in [-0.39, 0.29) is 0 Å². The second-order valence-electron chi connectivity index (χ2n) is 3.08. The maximum Gasteiger partial charge on any atom is 0.0441 e. The molecule has 0 fully saturated rings. The summed E-state index contributed by atoms with van der Waals surface area (Å²) >= 11 is 6.04. The minimum absolute atomic E-state index is 0.852. The van der Waals surface area contributed by atoms with E-state index in [4.69, 9.17) is 11.6 Å². The van der Waals surface area contributed by atoms with Gasteiger partial charge in [-0.05, 0) is 43.0 Å². The predicted molar refractivity (Wildman–Crippen MR) is 60.1 cm³/mol. The number of halogens is 1. The average Bonchev–Trinajstić information content (AvgIpc) is 2.14. The Morgan fingerprint density at radius 3 is 2.69 bits per heavy atom. The number of rotatable bonds is 2. The molecule has 1 rings (SSSR count). The SMILES string of the molecule is C/C=C(/CC)c1cccc(Cl)c1C. The van der Waals surface area contributed by atoms with Gasteiger partial charge in [0, 0.05) is 5.02 Å². The molecular formula is C12H15Cl. The fraction of sp³-hybridized carbons (Fsp3) is 0.333. The molecule has 0 N–H and O–H groups in total. The monoisotopic (exact) mass is 194 g/mol. The Kier molecular flexibility index (Phi) is 3.56. The molecule has 0 bridgehead atoms. The van der Waals surface area contributed by atoms with Gasteiger partial charge in [0.05, 0.1) is 0 Å². The molecule has 13 heavy (non-hydrogen) atoms. The van der Waals surface area contributed by atoms with Gasteiger partial charge < -0.3 is 0 Å². The zero-order valence-corrected chi connectivity index (χ0v) is 9.15. The molecule has 0 amide bonds. The molecular weight excluding hydrogens is 180 g/mol. The summed E-state index contributed by atoms with van der Waals surface area (Å²) in [5, 5.41) is 0.852. The summed E-state index contributed by atoms with van der Waals surface area (Å²) in [6.45, 7) is 6.30. The molecule has 0 heterocycles. The first-order valence-corrected chi connectivity index (χ1v) is 4.99. The minimum atomic E-state index is 0.852. The van der Waals surface area contributed by atoms with Crippen molar-refractivity contribution >= 4 is 17.2 Å². The highest BCUT2D eigenvalue weighted by molar-refractivity contribution is 6.31. The lowest BCUT2D eigenvalue weighted by molar-refractivity contribution is 1.22. The third kappa shape index (κ3) is 2.13. The maximum absolute atomic E-state index is 6.04. The largest absolute Gasteiger partial charge is 0.0840 e. The van der Waals surface area contributed by atoms with Crippen molar-refractivity contribution in [2.24, 2.45) is 0 Å². The highest BCUT2D eigenvalue weighted by atomic mass is 35.5. The van der Waals surface area contributed by atoms with E-state index in [1.165, 1.54) is 16.7 Å². The zero-order valence-electron chi connectivity index (χ0n) is 8.39. The van der Waals surface area contributed by atoms with Crippen LogP contribution in [0, 0.1) is 6.92 Å². The van der Waals surface area contributed by atoms with Crippen LogP contribution in [0.25, 0.3) is 5.57 Å². The highest BCUT2D eigenvalue weighted by Crippen LogP contribution is 2.26. The number of hydrogen-bond donors (Lipinski definition) is 0. The summed E-state index contributed by atoms with van der Waals surface area (Å²) < 4.78 is 0. The van der Waals surface area contributed by atoms with Crippen molar-refractivity contribution in [3.63, 3.8) is 0 Å². The molecule has 1 heteroatoms. The van der Waals surface area contributed by atoms with Gasteiger partial charge in [-0.2, -0.15) is 0 Å². The lowest BCUT2D eigenvalue weighted by Gasteiger charge is -2.09. The van der Waals surface area contributed by atoms with E-state index in [1.54, 1.807) is 0 Å². The highest BCUT2D eigenvalue weighted by Gasteiger charge is 2.04. The molecule has 0 radical (unpaired) electrons. The van der Waals surface area contributed by atoms with Gasteiger partial charge in [0.15, 0.2) is 0 Å². The van der Waals surface area contributed by atoms with E-state index >= 15 is 0 Å². The molecule has 0 aromatic heterocycles. The number of allylic oxidation sites excluding steroid dienone is 2. The minimum Gasteiger partial charge on any atom is -0.0840 e. The Morgan fingerprint density at radius 2 is 2.15 bits per heavy atom. The Hall–Kier alpha value is -0.750. The molecule has 0 aliphatic heterocycles. The van der Waals surface area contributed by atoms with Gasteiger partial charge in [-0.1, -0.05) is 36.7 Å². The van der Waals surface area contributed by atoms with Crippen LogP contribution < -0.4 is 0 Å². The van der Waals surface area contributed by atoms with Crippen LogP contribution >= 0.6 is 11.6 Å². The van der Waals surface area contributed by atoms with E-state index < -0.39 is 0 Å². The van der Waals surface area contributed by atoms with Gasteiger partial charge in [0.25, 0.3) is 0 Å². The summed E-state index contributed by atoms with van der Waals surface area (Å²) in [6.07, 6.45) is 3.20. The van der Waals surface area contributed by atoms with Crippen LogP contribution in [0.4, 0.5) is 0 Å². The van der Waals surface area contributed by atoms with E-state index in [0.29, 0.717) is 0 Å². The molecule has 1 aromatic rings. The van der Waals surface area contributed by atoms with Gasteiger partial charge in [-0.25, -0.2) is 0 Å². The first kappa shape index (κ1) is 10.3. The van der Waals surface area contributed by atoms with Gasteiger partial charge in [0.1, 0.15) is 0 Å². The second kappa shape index (κ2) is 4.48. The first-order valence-electron chi connectivity index (χ1n) is 4.61. The molecule has 0 aliphatic rings. The topological polar surface area (TPSA) is 0 Å². The van der Waals surface area contributed by atoms with Crippen molar-refractivity contribution < 1.29 is 0 Å². The quantitative estimate of drug-likeness (QED) is 0.652. The summed E-state index contributed by atoms with van der Waals surface area (Å²) in [4.78, 5) is 0. The fourth-order valence-electron chi connectivity index (χ4n) is 1.51. The lowest BCUT2D eigenvalue weighted by atomic mass is 9.99. The van der Waals surface area contributed by atoms with Crippen molar-refractivity contribution in [3.8, 4) is 0 Å². The van der Waals surface area contributed by atoms with Crippen LogP contribution in [-0.2, 0) is 0 Å². The first-order chi connectivity index (χ1) is 6.20. The van der Waals surface area contributed by atoms with Gasteiger partial charge in [-0.3, -0.25) is 0 Å². The van der Waals surface area contributed by atoms with Crippen LogP contribution in [0.2, 0.25) is 5.02 Å². The molecule has 0 aliphatic carbocycles. The Labute approximate surface area is 85.2 Å². The van der Waals surface area contributed by atoms with Crippen LogP contribution in [0.3, 0.4) is 0 Å². The lowest BCUT2D eigenvalue weighted by Crippen LogP contribution is -1.88. The summed E-state index contributed by atoms with van der Waals surface area (Å²) in [7, 11) is 0. The van der Waals surface area contributed by atoms with Crippen molar-refractivity contribution in [1.29, 1.82) is 0 Å². The second-order valence-corrected chi connectivity index (χ2v) is 3.49. The van der Waals surface area contributed by atoms with Crippen molar-refractivity contribution in [3.05, 3.63) is 40.4 Å². The fourth-order valence-corrected chi connectivity index (χ4v) is 1.68. The molecule has 0 saturated carbocycles. The molecule has 0 atom stereocenters. The molecule has 0 unspecified atom stereocenters. The molecule has 1 aromatic carbocycles. The molecule has 0 saturated heterocycles. The Morgan fingerprint density at radius 1 is 1.46 bits per heavy atom. The Balaban J connectivity index is 3.22. The van der Waals surface area contributed by atoms with Gasteiger partial charge in [0.2, 0.25) is 0 Å². The zero-order chi connectivity index (χ0) is 9.84. The van der Waals surface area contributed by atoms with Gasteiger partial charge >= 0.3 is 0 Å². The third-order valence-corrected chi connectivity index (χ3v) is 2.75. The van der Waals surface area contributed by atoms with E-state index in [9.17, 15) is 0 Å². The average molecular weight is 195 g/mol. The van der Waals surface area contributed by atoms with Crippen LogP contribution in [0.1, 0.15) is 31.4 Å². The molecule has 0 nitrogen and oxygen atoms in total. The normalized spacial score (nSPS) is 11.8. The maximum atomic E-state index is 6.04.